The second-order valence-corrected chi connectivity index (χ2v) is 10.8. The number of fused-ring (bicyclic) bond motifs is 1. The minimum Gasteiger partial charge on any atom is -0.484 e. The number of benzene rings is 1. The number of piperidine rings is 1. The molecule has 0 bridgehead atoms. The van der Waals surface area contributed by atoms with Crippen LogP contribution in [0.5, 0.6) is 5.75 Å². The van der Waals surface area contributed by atoms with E-state index in [1.807, 2.05) is 0 Å². The summed E-state index contributed by atoms with van der Waals surface area (Å²) < 4.78 is 6.34. The van der Waals surface area contributed by atoms with Crippen molar-refractivity contribution in [1.29, 1.82) is 0 Å². The second-order valence-electron chi connectivity index (χ2n) is 9.57. The molecule has 1 saturated carbocycles. The van der Waals surface area contributed by atoms with Crippen LogP contribution in [0.25, 0.3) is 0 Å². The Bertz CT molecular complexity index is 987. The quantitative estimate of drug-likeness (QED) is 0.492. The molecule has 1 aromatic carbocycles. The molecule has 1 aromatic rings. The number of halogens is 2. The third kappa shape index (κ3) is 4.75. The fraction of sp³-hybridized carbons (Fsp3) is 0.565. The maximum atomic E-state index is 13.2. The minimum atomic E-state index is -0.773. The van der Waals surface area contributed by atoms with E-state index in [0.29, 0.717) is 36.6 Å². The first-order chi connectivity index (χ1) is 15.6. The fourth-order valence-corrected chi connectivity index (χ4v) is 5.65. The van der Waals surface area contributed by atoms with E-state index in [2.05, 4.69) is 40.4 Å². The number of ether oxygens (including phenoxy) is 1. The Morgan fingerprint density at radius 2 is 2.18 bits per heavy atom. The number of rotatable bonds is 8. The molecule has 5 atom stereocenters. The molecule has 0 radical (unpaired) electrons. The molecule has 3 aliphatic rings. The Hall–Kier alpha value is -2.13. The van der Waals surface area contributed by atoms with Gasteiger partial charge in [-0.2, -0.15) is 0 Å². The van der Waals surface area contributed by atoms with Crippen molar-refractivity contribution >= 4 is 51.5 Å². The average Bonchev–Trinajstić information content (AvgIpc) is 3.13. The standard InChI is InChI=1S/C23H27BrClN3O5/c1-23(2)15-9-28(18(30)11-33-14-3-4-16(24)17(25)8-14)20(19(15)23)22(32)27-13(10-29)7-12-5-6-26-21(12)31/h3-4,8,10,12-13,15,19-20H,5-7,9,11H2,1-2H3,(H,26,31)(H,27,32)/t12-,13-,15-,19-,20-/m0/s1. The topological polar surface area (TPSA) is 105 Å². The van der Waals surface area contributed by atoms with Gasteiger partial charge in [0.05, 0.1) is 11.1 Å². The van der Waals surface area contributed by atoms with Crippen LogP contribution in [0, 0.1) is 23.2 Å². The summed E-state index contributed by atoms with van der Waals surface area (Å²) in [6.45, 7) is 5.00. The maximum absolute atomic E-state index is 13.2. The van der Waals surface area contributed by atoms with Gasteiger partial charge in [-0.15, -0.1) is 0 Å². The normalized spacial score (nSPS) is 28.0. The molecule has 2 aliphatic heterocycles. The Labute approximate surface area is 205 Å². The summed E-state index contributed by atoms with van der Waals surface area (Å²) in [5.41, 5.74) is -0.0547. The number of carbonyl (C=O) groups is 4. The van der Waals surface area contributed by atoms with Gasteiger partial charge in [0.15, 0.2) is 6.61 Å². The van der Waals surface area contributed by atoms with Crippen LogP contribution in [0.3, 0.4) is 0 Å². The lowest BCUT2D eigenvalue weighted by Gasteiger charge is -2.31. The first-order valence-corrected chi connectivity index (χ1v) is 12.2. The predicted molar refractivity (Wildman–Crippen MR) is 125 cm³/mol. The van der Waals surface area contributed by atoms with E-state index < -0.39 is 12.1 Å². The van der Waals surface area contributed by atoms with Crippen LogP contribution in [0.4, 0.5) is 0 Å². The zero-order valence-corrected chi connectivity index (χ0v) is 20.8. The van der Waals surface area contributed by atoms with E-state index in [9.17, 15) is 19.2 Å². The third-order valence-electron chi connectivity index (χ3n) is 7.24. The van der Waals surface area contributed by atoms with E-state index in [1.165, 1.54) is 0 Å². The van der Waals surface area contributed by atoms with Gasteiger partial charge in [-0.1, -0.05) is 25.4 Å². The first kappa shape index (κ1) is 24.0. The highest BCUT2D eigenvalue weighted by molar-refractivity contribution is 9.10. The van der Waals surface area contributed by atoms with E-state index in [4.69, 9.17) is 16.3 Å². The van der Waals surface area contributed by atoms with Gasteiger partial charge in [0.2, 0.25) is 11.8 Å². The number of nitrogens with one attached hydrogen (secondary N) is 2. The molecular weight excluding hydrogens is 514 g/mol. The number of hydrogen-bond donors (Lipinski definition) is 2. The lowest BCUT2D eigenvalue weighted by atomic mass is 9.97. The second kappa shape index (κ2) is 9.25. The highest BCUT2D eigenvalue weighted by Gasteiger charge is 2.69. The summed E-state index contributed by atoms with van der Waals surface area (Å²) in [4.78, 5) is 51.3. The summed E-state index contributed by atoms with van der Waals surface area (Å²) >= 11 is 9.39. The van der Waals surface area contributed by atoms with Crippen molar-refractivity contribution in [3.63, 3.8) is 0 Å². The Balaban J connectivity index is 1.41. The van der Waals surface area contributed by atoms with Crippen LogP contribution in [-0.4, -0.2) is 60.7 Å². The van der Waals surface area contributed by atoms with Crippen molar-refractivity contribution in [2.45, 2.75) is 38.8 Å². The molecule has 3 amide bonds. The van der Waals surface area contributed by atoms with E-state index in [-0.39, 0.29) is 53.9 Å². The van der Waals surface area contributed by atoms with Crippen molar-refractivity contribution in [3.05, 3.63) is 27.7 Å². The number of carbonyl (C=O) groups excluding carboxylic acids is 4. The van der Waals surface area contributed by atoms with Gasteiger partial charge in [-0.25, -0.2) is 0 Å². The van der Waals surface area contributed by atoms with Crippen LogP contribution in [-0.2, 0) is 19.2 Å². The van der Waals surface area contributed by atoms with Gasteiger partial charge < -0.3 is 25.1 Å². The highest BCUT2D eigenvalue weighted by Crippen LogP contribution is 2.64. The largest absolute Gasteiger partial charge is 0.484 e. The number of hydrogen-bond acceptors (Lipinski definition) is 5. The average molecular weight is 541 g/mol. The first-order valence-electron chi connectivity index (χ1n) is 11.0. The third-order valence-corrected chi connectivity index (χ3v) is 8.48. The number of nitrogens with zero attached hydrogens (tertiary/aromatic N) is 1. The summed E-state index contributed by atoms with van der Waals surface area (Å²) in [6.07, 6.45) is 1.56. The number of amides is 3. The molecular formula is C23H27BrClN3O5. The van der Waals surface area contributed by atoms with Crippen molar-refractivity contribution in [2.24, 2.45) is 23.2 Å². The van der Waals surface area contributed by atoms with Crippen molar-refractivity contribution < 1.29 is 23.9 Å². The molecule has 8 nitrogen and oxygen atoms in total. The van der Waals surface area contributed by atoms with Gasteiger partial charge in [0.1, 0.15) is 18.1 Å². The summed E-state index contributed by atoms with van der Waals surface area (Å²) in [5, 5.41) is 5.99. The van der Waals surface area contributed by atoms with Gasteiger partial charge in [-0.3, -0.25) is 14.4 Å². The zero-order chi connectivity index (χ0) is 23.9. The van der Waals surface area contributed by atoms with Crippen molar-refractivity contribution in [2.75, 3.05) is 19.7 Å². The Kier molecular flexibility index (Phi) is 6.73. The van der Waals surface area contributed by atoms with Crippen LogP contribution >= 0.6 is 27.5 Å². The smallest absolute Gasteiger partial charge is 0.261 e. The molecule has 178 valence electrons. The van der Waals surface area contributed by atoms with E-state index in [1.54, 1.807) is 23.1 Å². The zero-order valence-electron chi connectivity index (χ0n) is 18.5. The van der Waals surface area contributed by atoms with Crippen molar-refractivity contribution in [1.82, 2.24) is 15.5 Å². The molecule has 2 N–H and O–H groups in total. The Morgan fingerprint density at radius 3 is 2.82 bits per heavy atom. The van der Waals surface area contributed by atoms with Gasteiger partial charge in [0.25, 0.3) is 5.91 Å². The molecule has 4 rings (SSSR count). The molecule has 3 fully saturated rings. The lowest BCUT2D eigenvalue weighted by molar-refractivity contribution is -0.142. The number of aldehydes is 1. The molecule has 2 saturated heterocycles. The maximum Gasteiger partial charge on any atom is 0.261 e. The lowest BCUT2D eigenvalue weighted by Crippen LogP contribution is -2.53. The SMILES string of the molecule is CC1(C)[C@@H]2[C@@H](C(=O)N[C@H](C=O)C[C@@H]3CCNC3=O)N(C(=O)COc3ccc(Br)c(Cl)c3)C[C@@H]21. The van der Waals surface area contributed by atoms with E-state index >= 15 is 0 Å². The summed E-state index contributed by atoms with van der Waals surface area (Å²) in [7, 11) is 0. The highest BCUT2D eigenvalue weighted by atomic mass is 79.9. The van der Waals surface area contributed by atoms with Gasteiger partial charge in [-0.05, 0) is 64.2 Å². The molecule has 0 unspecified atom stereocenters. The Morgan fingerprint density at radius 1 is 1.42 bits per heavy atom. The fourth-order valence-electron chi connectivity index (χ4n) is 5.23. The van der Waals surface area contributed by atoms with Gasteiger partial charge >= 0.3 is 0 Å². The molecule has 1 aliphatic carbocycles. The molecule has 0 aromatic heterocycles. The summed E-state index contributed by atoms with van der Waals surface area (Å²) in [6, 6.07) is 3.60. The van der Waals surface area contributed by atoms with Crippen LogP contribution in [0.15, 0.2) is 22.7 Å². The van der Waals surface area contributed by atoms with Crippen LogP contribution < -0.4 is 15.4 Å². The predicted octanol–water partition coefficient (Wildman–Crippen LogP) is 2.17. The molecule has 10 heteroatoms. The molecule has 0 spiro atoms. The van der Waals surface area contributed by atoms with Crippen molar-refractivity contribution in [3.8, 4) is 5.75 Å². The molecule has 2 heterocycles. The molecule has 33 heavy (non-hydrogen) atoms. The van der Waals surface area contributed by atoms with Gasteiger partial charge in [0, 0.05) is 23.5 Å². The summed E-state index contributed by atoms with van der Waals surface area (Å²) in [5.74, 6) is -0.350. The number of likely N-dealkylation sites (tertiary alicyclic amines) is 1. The van der Waals surface area contributed by atoms with E-state index in [0.717, 1.165) is 4.47 Å². The minimum absolute atomic E-state index is 0.0191. The monoisotopic (exact) mass is 539 g/mol. The van der Waals surface area contributed by atoms with Crippen LogP contribution in [0.2, 0.25) is 5.02 Å². The van der Waals surface area contributed by atoms with Crippen LogP contribution in [0.1, 0.15) is 26.7 Å².